The van der Waals surface area contributed by atoms with Gasteiger partial charge in [0.05, 0.1) is 12.8 Å². The van der Waals surface area contributed by atoms with E-state index in [2.05, 4.69) is 31.0 Å². The number of H-pyrrole nitrogens is 1. The quantitative estimate of drug-likeness (QED) is 0.208. The first-order valence-corrected chi connectivity index (χ1v) is 14.7. The maximum atomic E-state index is 13.9. The molecule has 1 aliphatic carbocycles. The average Bonchev–Trinajstić information content (AvgIpc) is 3.60. The van der Waals surface area contributed by atoms with Gasteiger partial charge >= 0.3 is 6.03 Å². The number of carbonyl (C=O) groups is 1. The number of pyridine rings is 1. The molecule has 10 nitrogen and oxygen atoms in total. The van der Waals surface area contributed by atoms with Crippen molar-refractivity contribution in [3.05, 3.63) is 42.7 Å². The standard InChI is InChI=1S/C30H40FN7O3/c1-3-40-13-5-4-6-14-41-15-12-37(2)30(39)35-23-8-7-9-24(17-23)38-11-10-21-18-32-28(36-29(21)38)26-20-34-27-25(26)16-22(31)19-33-27/h10-11,16,18-20,23-24H,3-9,12-15,17H2,1-2H3,(H,33,34)(H,35,39)/t23-,24+/m1/s1. The molecule has 220 valence electrons. The SMILES string of the molecule is CCOCCCCCOCCN(C)C(=O)N[C@@H]1CCC[C@H](n2ccc3cnc(-c4c[nH]c5ncc(F)cc45)nc32)C1. The summed E-state index contributed by atoms with van der Waals surface area (Å²) < 4.78 is 27.1. The van der Waals surface area contributed by atoms with Gasteiger partial charge in [-0.3, -0.25) is 0 Å². The van der Waals surface area contributed by atoms with E-state index < -0.39 is 5.82 Å². The lowest BCUT2D eigenvalue weighted by Crippen LogP contribution is -2.46. The summed E-state index contributed by atoms with van der Waals surface area (Å²) in [6.45, 7) is 5.36. The largest absolute Gasteiger partial charge is 0.382 e. The highest BCUT2D eigenvalue weighted by Gasteiger charge is 2.26. The van der Waals surface area contributed by atoms with Crippen molar-refractivity contribution in [1.82, 2.24) is 34.7 Å². The Morgan fingerprint density at radius 2 is 2.02 bits per heavy atom. The number of fused-ring (bicyclic) bond motifs is 2. The topological polar surface area (TPSA) is 110 Å². The molecule has 0 aliphatic heterocycles. The summed E-state index contributed by atoms with van der Waals surface area (Å²) in [7, 11) is 1.81. The van der Waals surface area contributed by atoms with E-state index in [4.69, 9.17) is 14.5 Å². The number of hydrogen-bond acceptors (Lipinski definition) is 6. The predicted octanol–water partition coefficient (Wildman–Crippen LogP) is 5.46. The van der Waals surface area contributed by atoms with Crippen molar-refractivity contribution in [3.8, 4) is 11.4 Å². The van der Waals surface area contributed by atoms with Gasteiger partial charge in [-0.25, -0.2) is 24.1 Å². The number of hydrogen-bond donors (Lipinski definition) is 2. The number of unbranched alkanes of at least 4 members (excludes halogenated alkanes) is 2. The summed E-state index contributed by atoms with van der Waals surface area (Å²) in [4.78, 5) is 31.2. The molecule has 2 amide bonds. The number of nitrogens with zero attached hydrogens (tertiary/aromatic N) is 5. The van der Waals surface area contributed by atoms with Gasteiger partial charge < -0.3 is 29.2 Å². The Balaban J connectivity index is 1.15. The Hall–Kier alpha value is -3.57. The van der Waals surface area contributed by atoms with Gasteiger partial charge in [0.25, 0.3) is 0 Å². The third-order valence-electron chi connectivity index (χ3n) is 7.76. The van der Waals surface area contributed by atoms with Crippen molar-refractivity contribution < 1.29 is 18.7 Å². The number of aromatic nitrogens is 5. The molecule has 0 spiro atoms. The number of rotatable bonds is 13. The van der Waals surface area contributed by atoms with Crippen LogP contribution in [0.1, 0.15) is 57.9 Å². The van der Waals surface area contributed by atoms with E-state index in [1.807, 2.05) is 20.0 Å². The van der Waals surface area contributed by atoms with Crippen LogP contribution >= 0.6 is 0 Å². The summed E-state index contributed by atoms with van der Waals surface area (Å²) in [5, 5.41) is 4.81. The second kappa shape index (κ2) is 13.9. The summed E-state index contributed by atoms with van der Waals surface area (Å²) in [5.41, 5.74) is 2.14. The minimum Gasteiger partial charge on any atom is -0.382 e. The number of likely N-dealkylation sites (N-methyl/N-ethyl adjacent to an activating group) is 1. The zero-order valence-electron chi connectivity index (χ0n) is 23.9. The monoisotopic (exact) mass is 565 g/mol. The van der Waals surface area contributed by atoms with E-state index in [1.54, 1.807) is 17.3 Å². The van der Waals surface area contributed by atoms with Crippen LogP contribution < -0.4 is 5.32 Å². The zero-order valence-corrected chi connectivity index (χ0v) is 23.9. The van der Waals surface area contributed by atoms with Crippen molar-refractivity contribution >= 4 is 28.1 Å². The van der Waals surface area contributed by atoms with Crippen molar-refractivity contribution in [3.63, 3.8) is 0 Å². The molecule has 0 radical (unpaired) electrons. The number of nitrogens with one attached hydrogen (secondary N) is 2. The molecular weight excluding hydrogens is 525 g/mol. The highest BCUT2D eigenvalue weighted by atomic mass is 19.1. The number of carbonyl (C=O) groups excluding carboxylic acids is 1. The molecule has 0 unspecified atom stereocenters. The van der Waals surface area contributed by atoms with Crippen LogP contribution in [-0.2, 0) is 9.47 Å². The summed E-state index contributed by atoms with van der Waals surface area (Å²) >= 11 is 0. The minimum atomic E-state index is -0.402. The van der Waals surface area contributed by atoms with Gasteiger partial charge in [-0.05, 0) is 64.0 Å². The molecular formula is C30H40FN7O3. The predicted molar refractivity (Wildman–Crippen MR) is 156 cm³/mol. The van der Waals surface area contributed by atoms with E-state index >= 15 is 0 Å². The Morgan fingerprint density at radius 3 is 2.88 bits per heavy atom. The lowest BCUT2D eigenvalue weighted by atomic mass is 9.91. The maximum absolute atomic E-state index is 13.9. The molecule has 41 heavy (non-hydrogen) atoms. The van der Waals surface area contributed by atoms with Gasteiger partial charge in [-0.1, -0.05) is 0 Å². The van der Waals surface area contributed by atoms with Crippen LogP contribution in [0.3, 0.4) is 0 Å². The molecule has 4 aromatic rings. The van der Waals surface area contributed by atoms with Crippen LogP contribution in [0.4, 0.5) is 9.18 Å². The second-order valence-corrected chi connectivity index (χ2v) is 10.7. The van der Waals surface area contributed by atoms with E-state index in [1.165, 1.54) is 12.3 Å². The number of urea groups is 1. The number of halogens is 1. The number of amides is 2. The molecule has 0 saturated heterocycles. The normalized spacial score (nSPS) is 17.3. The Bertz CT molecular complexity index is 1440. The smallest absolute Gasteiger partial charge is 0.317 e. The second-order valence-electron chi connectivity index (χ2n) is 10.7. The number of ether oxygens (including phenoxy) is 2. The van der Waals surface area contributed by atoms with E-state index in [9.17, 15) is 9.18 Å². The van der Waals surface area contributed by atoms with Crippen molar-refractivity contribution in [2.45, 2.75) is 64.0 Å². The molecule has 2 N–H and O–H groups in total. The first-order valence-electron chi connectivity index (χ1n) is 14.7. The van der Waals surface area contributed by atoms with Gasteiger partial charge in [-0.2, -0.15) is 0 Å². The fourth-order valence-electron chi connectivity index (χ4n) is 5.49. The van der Waals surface area contributed by atoms with Crippen LogP contribution in [0.25, 0.3) is 33.5 Å². The molecule has 11 heteroatoms. The Labute approximate surface area is 239 Å². The fourth-order valence-corrected chi connectivity index (χ4v) is 5.49. The zero-order chi connectivity index (χ0) is 28.6. The van der Waals surface area contributed by atoms with Crippen LogP contribution in [0.15, 0.2) is 36.9 Å². The van der Waals surface area contributed by atoms with Gasteiger partial charge in [0, 0.05) is 80.4 Å². The van der Waals surface area contributed by atoms with E-state index in [0.29, 0.717) is 42.2 Å². The minimum absolute atomic E-state index is 0.0712. The van der Waals surface area contributed by atoms with Crippen molar-refractivity contribution in [1.29, 1.82) is 0 Å². The molecule has 4 heterocycles. The number of aromatic amines is 1. The molecule has 2 atom stereocenters. The Morgan fingerprint density at radius 1 is 1.17 bits per heavy atom. The molecule has 0 aromatic carbocycles. The fraction of sp³-hybridized carbons (Fsp3) is 0.533. The van der Waals surface area contributed by atoms with Crippen LogP contribution in [-0.4, -0.2) is 81.5 Å². The molecule has 4 aromatic heterocycles. The third kappa shape index (κ3) is 7.20. The third-order valence-corrected chi connectivity index (χ3v) is 7.76. The summed E-state index contributed by atoms with van der Waals surface area (Å²) in [6.07, 6.45) is 13.7. The van der Waals surface area contributed by atoms with Crippen LogP contribution in [0, 0.1) is 5.82 Å². The lowest BCUT2D eigenvalue weighted by molar-refractivity contribution is 0.106. The molecule has 1 fully saturated rings. The van der Waals surface area contributed by atoms with Gasteiger partial charge in [0.15, 0.2) is 5.82 Å². The maximum Gasteiger partial charge on any atom is 0.317 e. The first kappa shape index (κ1) is 28.9. The summed E-state index contributed by atoms with van der Waals surface area (Å²) in [5.74, 6) is 0.117. The average molecular weight is 566 g/mol. The summed E-state index contributed by atoms with van der Waals surface area (Å²) in [6, 6.07) is 3.68. The highest BCUT2D eigenvalue weighted by Crippen LogP contribution is 2.33. The molecule has 1 saturated carbocycles. The van der Waals surface area contributed by atoms with Gasteiger partial charge in [0.2, 0.25) is 0 Å². The van der Waals surface area contributed by atoms with E-state index in [-0.39, 0.29) is 18.1 Å². The van der Waals surface area contributed by atoms with Crippen molar-refractivity contribution in [2.75, 3.05) is 40.0 Å². The van der Waals surface area contributed by atoms with Gasteiger partial charge in [0.1, 0.15) is 17.1 Å². The van der Waals surface area contributed by atoms with Crippen LogP contribution in [0.5, 0.6) is 0 Å². The Kier molecular flexibility index (Phi) is 9.79. The first-order chi connectivity index (χ1) is 20.0. The van der Waals surface area contributed by atoms with Crippen LogP contribution in [0.2, 0.25) is 0 Å². The lowest BCUT2D eigenvalue weighted by Gasteiger charge is -2.32. The molecule has 0 bridgehead atoms. The van der Waals surface area contributed by atoms with E-state index in [0.717, 1.165) is 69.2 Å². The highest BCUT2D eigenvalue weighted by molar-refractivity contribution is 5.92. The van der Waals surface area contributed by atoms with Crippen molar-refractivity contribution in [2.24, 2.45) is 0 Å². The molecule has 1 aliphatic rings. The molecule has 5 rings (SSSR count). The van der Waals surface area contributed by atoms with Gasteiger partial charge in [-0.15, -0.1) is 0 Å².